The van der Waals surface area contributed by atoms with E-state index in [1.54, 1.807) is 32.0 Å². The Hall–Kier alpha value is -1.31. The molecular formula is C14H24ClN3O3S. The predicted molar refractivity (Wildman–Crippen MR) is 93.0 cm³/mol. The Labute approximate surface area is 138 Å². The summed E-state index contributed by atoms with van der Waals surface area (Å²) in [5.74, 6) is -0.0587. The molecule has 1 aromatic carbocycles. The Morgan fingerprint density at radius 2 is 1.91 bits per heavy atom. The van der Waals surface area contributed by atoms with Crippen LogP contribution in [0.5, 0.6) is 0 Å². The summed E-state index contributed by atoms with van der Waals surface area (Å²) >= 11 is 0. The fourth-order valence-electron chi connectivity index (χ4n) is 1.84. The van der Waals surface area contributed by atoms with E-state index in [9.17, 15) is 13.2 Å². The molecule has 0 aliphatic carbocycles. The number of carbonyl (C=O) groups is 1. The van der Waals surface area contributed by atoms with Crippen LogP contribution < -0.4 is 15.8 Å². The van der Waals surface area contributed by atoms with Gasteiger partial charge in [0.1, 0.15) is 0 Å². The SMILES string of the molecule is CCCS(=O)(=O)Nc1cccc(NC(=O)CCCN)c1C.Cl. The highest BCUT2D eigenvalue weighted by Gasteiger charge is 2.13. The van der Waals surface area contributed by atoms with Crippen LogP contribution in [0.15, 0.2) is 18.2 Å². The van der Waals surface area contributed by atoms with Crippen LogP contribution in [0.4, 0.5) is 11.4 Å². The van der Waals surface area contributed by atoms with Gasteiger partial charge in [0.05, 0.1) is 11.4 Å². The van der Waals surface area contributed by atoms with E-state index in [-0.39, 0.29) is 24.1 Å². The highest BCUT2D eigenvalue weighted by Crippen LogP contribution is 2.24. The topological polar surface area (TPSA) is 101 Å². The second-order valence-electron chi connectivity index (χ2n) is 4.84. The van der Waals surface area contributed by atoms with Crippen molar-refractivity contribution in [3.05, 3.63) is 23.8 Å². The average Bonchev–Trinajstić information content (AvgIpc) is 2.40. The second kappa shape index (κ2) is 9.66. The maximum Gasteiger partial charge on any atom is 0.232 e. The van der Waals surface area contributed by atoms with Crippen molar-refractivity contribution in [3.63, 3.8) is 0 Å². The van der Waals surface area contributed by atoms with E-state index < -0.39 is 10.0 Å². The number of halogens is 1. The number of sulfonamides is 1. The molecule has 22 heavy (non-hydrogen) atoms. The van der Waals surface area contributed by atoms with Gasteiger partial charge in [-0.15, -0.1) is 12.4 Å². The van der Waals surface area contributed by atoms with Crippen LogP contribution in [0.2, 0.25) is 0 Å². The first-order valence-electron chi connectivity index (χ1n) is 6.99. The summed E-state index contributed by atoms with van der Waals surface area (Å²) in [5, 5.41) is 2.77. The molecule has 0 radical (unpaired) electrons. The lowest BCUT2D eigenvalue weighted by molar-refractivity contribution is -0.116. The molecule has 0 spiro atoms. The molecule has 0 aromatic heterocycles. The van der Waals surface area contributed by atoms with Crippen LogP contribution in [0.1, 0.15) is 31.7 Å². The Kier molecular flexibility index (Phi) is 9.08. The summed E-state index contributed by atoms with van der Waals surface area (Å²) in [6.45, 7) is 4.03. The molecule has 8 heteroatoms. The molecule has 126 valence electrons. The molecule has 0 fully saturated rings. The normalized spacial score (nSPS) is 10.7. The lowest BCUT2D eigenvalue weighted by Gasteiger charge is -2.14. The van der Waals surface area contributed by atoms with Crippen LogP contribution in [-0.2, 0) is 14.8 Å². The van der Waals surface area contributed by atoms with Crippen LogP contribution in [0, 0.1) is 6.92 Å². The van der Waals surface area contributed by atoms with E-state index in [0.29, 0.717) is 42.7 Å². The van der Waals surface area contributed by atoms with Gasteiger partial charge in [0.15, 0.2) is 0 Å². The largest absolute Gasteiger partial charge is 0.330 e. The minimum Gasteiger partial charge on any atom is -0.330 e. The fourth-order valence-corrected chi connectivity index (χ4v) is 3.04. The summed E-state index contributed by atoms with van der Waals surface area (Å²) in [4.78, 5) is 11.7. The molecule has 0 aliphatic rings. The quantitative estimate of drug-likeness (QED) is 0.669. The maximum absolute atomic E-state index is 11.8. The van der Waals surface area contributed by atoms with Crippen molar-refractivity contribution in [1.29, 1.82) is 0 Å². The van der Waals surface area contributed by atoms with E-state index in [1.165, 1.54) is 0 Å². The van der Waals surface area contributed by atoms with Gasteiger partial charge in [-0.2, -0.15) is 0 Å². The lowest BCUT2D eigenvalue weighted by atomic mass is 10.1. The molecule has 0 heterocycles. The predicted octanol–water partition coefficient (Wildman–Crippen LogP) is 2.25. The van der Waals surface area contributed by atoms with Gasteiger partial charge in [0, 0.05) is 12.1 Å². The van der Waals surface area contributed by atoms with Gasteiger partial charge in [0.25, 0.3) is 0 Å². The number of amides is 1. The van der Waals surface area contributed by atoms with Crippen molar-refractivity contribution < 1.29 is 13.2 Å². The third-order valence-electron chi connectivity index (χ3n) is 2.95. The molecule has 1 aromatic rings. The van der Waals surface area contributed by atoms with Crippen LogP contribution >= 0.6 is 12.4 Å². The smallest absolute Gasteiger partial charge is 0.232 e. The number of anilines is 2. The number of hydrogen-bond donors (Lipinski definition) is 3. The van der Waals surface area contributed by atoms with Crippen molar-refractivity contribution in [2.45, 2.75) is 33.1 Å². The summed E-state index contributed by atoms with van der Waals surface area (Å²) in [6, 6.07) is 5.13. The summed E-state index contributed by atoms with van der Waals surface area (Å²) in [6.07, 6.45) is 1.51. The van der Waals surface area contributed by atoms with Gasteiger partial charge in [0.2, 0.25) is 15.9 Å². The average molecular weight is 350 g/mol. The zero-order valence-electron chi connectivity index (χ0n) is 12.9. The number of nitrogens with two attached hydrogens (primary N) is 1. The van der Waals surface area contributed by atoms with E-state index in [4.69, 9.17) is 5.73 Å². The summed E-state index contributed by atoms with van der Waals surface area (Å²) in [5.41, 5.74) is 7.15. The van der Waals surface area contributed by atoms with E-state index in [2.05, 4.69) is 10.0 Å². The Bertz CT molecular complexity index is 591. The molecule has 6 nitrogen and oxygen atoms in total. The van der Waals surface area contributed by atoms with E-state index in [0.717, 1.165) is 0 Å². The van der Waals surface area contributed by atoms with Crippen molar-refractivity contribution >= 4 is 39.7 Å². The van der Waals surface area contributed by atoms with Crippen molar-refractivity contribution in [2.75, 3.05) is 22.3 Å². The number of hydrogen-bond acceptors (Lipinski definition) is 4. The van der Waals surface area contributed by atoms with Crippen molar-refractivity contribution in [3.8, 4) is 0 Å². The van der Waals surface area contributed by atoms with Gasteiger partial charge >= 0.3 is 0 Å². The van der Waals surface area contributed by atoms with Gasteiger partial charge in [-0.3, -0.25) is 9.52 Å². The van der Waals surface area contributed by atoms with Crippen molar-refractivity contribution in [2.24, 2.45) is 5.73 Å². The highest BCUT2D eigenvalue weighted by molar-refractivity contribution is 7.92. The Morgan fingerprint density at radius 1 is 1.27 bits per heavy atom. The minimum absolute atomic E-state index is 0. The zero-order chi connectivity index (χ0) is 15.9. The first-order chi connectivity index (χ1) is 9.89. The van der Waals surface area contributed by atoms with Crippen LogP contribution in [0.3, 0.4) is 0 Å². The van der Waals surface area contributed by atoms with Gasteiger partial charge in [-0.05, 0) is 44.0 Å². The first kappa shape index (κ1) is 20.7. The molecule has 1 amide bonds. The molecule has 0 bridgehead atoms. The molecule has 4 N–H and O–H groups in total. The third-order valence-corrected chi connectivity index (χ3v) is 4.43. The lowest BCUT2D eigenvalue weighted by Crippen LogP contribution is -2.18. The van der Waals surface area contributed by atoms with Crippen molar-refractivity contribution in [1.82, 2.24) is 0 Å². The van der Waals surface area contributed by atoms with Crippen LogP contribution in [-0.4, -0.2) is 26.6 Å². The van der Waals surface area contributed by atoms with Crippen LogP contribution in [0.25, 0.3) is 0 Å². The maximum atomic E-state index is 11.8. The molecule has 0 saturated carbocycles. The first-order valence-corrected chi connectivity index (χ1v) is 8.65. The number of rotatable bonds is 8. The Balaban J connectivity index is 0.00000441. The molecular weight excluding hydrogens is 326 g/mol. The summed E-state index contributed by atoms with van der Waals surface area (Å²) in [7, 11) is -3.35. The minimum atomic E-state index is -3.35. The molecule has 0 saturated heterocycles. The number of carbonyl (C=O) groups excluding carboxylic acids is 1. The monoisotopic (exact) mass is 349 g/mol. The summed E-state index contributed by atoms with van der Waals surface area (Å²) < 4.78 is 26.2. The Morgan fingerprint density at radius 3 is 2.50 bits per heavy atom. The third kappa shape index (κ3) is 6.64. The highest BCUT2D eigenvalue weighted by atomic mass is 35.5. The van der Waals surface area contributed by atoms with E-state index in [1.807, 2.05) is 0 Å². The molecule has 0 unspecified atom stereocenters. The standard InChI is InChI=1S/C14H23N3O3S.ClH/c1-3-10-21(19,20)17-13-7-4-6-12(11(13)2)16-14(18)8-5-9-15;/h4,6-7,17H,3,5,8-10,15H2,1-2H3,(H,16,18);1H. The van der Waals surface area contributed by atoms with Gasteiger partial charge in [-0.25, -0.2) is 8.42 Å². The number of nitrogens with one attached hydrogen (secondary N) is 2. The second-order valence-corrected chi connectivity index (χ2v) is 6.68. The van der Waals surface area contributed by atoms with Gasteiger partial charge in [-0.1, -0.05) is 13.0 Å². The molecule has 0 aliphatic heterocycles. The molecule has 0 atom stereocenters. The zero-order valence-corrected chi connectivity index (χ0v) is 14.5. The van der Waals surface area contributed by atoms with E-state index >= 15 is 0 Å². The number of benzene rings is 1. The molecule has 1 rings (SSSR count). The fraction of sp³-hybridized carbons (Fsp3) is 0.500. The van der Waals surface area contributed by atoms with Gasteiger partial charge < -0.3 is 11.1 Å².